The molecular weight excluding hydrogens is 302 g/mol. The van der Waals surface area contributed by atoms with Gasteiger partial charge in [-0.15, -0.1) is 0 Å². The van der Waals surface area contributed by atoms with Crippen LogP contribution < -0.4 is 10.9 Å². The Morgan fingerprint density at radius 1 is 1.08 bits per heavy atom. The van der Waals surface area contributed by atoms with E-state index in [4.69, 9.17) is 0 Å². The van der Waals surface area contributed by atoms with E-state index in [1.54, 1.807) is 25.5 Å². The lowest BCUT2D eigenvalue weighted by molar-refractivity contribution is 0.0942. The van der Waals surface area contributed by atoms with Crippen LogP contribution in [0.2, 0.25) is 0 Å². The summed E-state index contributed by atoms with van der Waals surface area (Å²) in [6.45, 7) is 0. The summed E-state index contributed by atoms with van der Waals surface area (Å²) in [4.78, 5) is 28.7. The minimum absolute atomic E-state index is 0.225. The van der Waals surface area contributed by atoms with E-state index in [1.807, 2.05) is 48.5 Å². The standard InChI is InChI=1S/C19H17N3O2/c1-22-12-10-15(13-17(22)23)19(24)21-18(14-7-3-2-4-8-14)16-9-5-6-11-20-16/h2-13,18H,1H3,(H,21,24)/t18-/m1/s1. The number of aromatic nitrogens is 2. The lowest BCUT2D eigenvalue weighted by Gasteiger charge is -2.19. The van der Waals surface area contributed by atoms with E-state index in [1.165, 1.54) is 10.6 Å². The highest BCUT2D eigenvalue weighted by Gasteiger charge is 2.19. The Hall–Kier alpha value is -3.21. The summed E-state index contributed by atoms with van der Waals surface area (Å²) in [6, 6.07) is 17.7. The second kappa shape index (κ2) is 6.91. The van der Waals surface area contributed by atoms with Crippen molar-refractivity contribution in [2.45, 2.75) is 6.04 Å². The van der Waals surface area contributed by atoms with Gasteiger partial charge in [0.25, 0.3) is 11.5 Å². The normalized spacial score (nSPS) is 11.7. The quantitative estimate of drug-likeness (QED) is 0.802. The van der Waals surface area contributed by atoms with Crippen molar-refractivity contribution in [1.82, 2.24) is 14.9 Å². The van der Waals surface area contributed by atoms with Crippen LogP contribution in [0.3, 0.4) is 0 Å². The third-order valence-electron chi connectivity index (χ3n) is 3.76. The fraction of sp³-hybridized carbons (Fsp3) is 0.105. The summed E-state index contributed by atoms with van der Waals surface area (Å²) in [5.74, 6) is -0.313. The second-order valence-corrected chi connectivity index (χ2v) is 5.44. The molecule has 5 nitrogen and oxygen atoms in total. The van der Waals surface area contributed by atoms with Crippen LogP contribution in [0.15, 0.2) is 77.9 Å². The molecule has 0 aliphatic heterocycles. The molecule has 24 heavy (non-hydrogen) atoms. The van der Waals surface area contributed by atoms with Crippen molar-refractivity contribution >= 4 is 5.91 Å². The van der Waals surface area contributed by atoms with Crippen molar-refractivity contribution in [3.05, 3.63) is 100 Å². The SMILES string of the molecule is Cn1ccc(C(=O)N[C@H](c2ccccc2)c2ccccn2)cc1=O. The van der Waals surface area contributed by atoms with E-state index in [2.05, 4.69) is 10.3 Å². The molecule has 0 fully saturated rings. The van der Waals surface area contributed by atoms with Crippen LogP contribution in [0.5, 0.6) is 0 Å². The maximum absolute atomic E-state index is 12.6. The molecule has 0 unspecified atom stereocenters. The lowest BCUT2D eigenvalue weighted by atomic mass is 10.0. The third-order valence-corrected chi connectivity index (χ3v) is 3.76. The number of rotatable bonds is 4. The molecule has 0 radical (unpaired) electrons. The molecule has 0 saturated heterocycles. The van der Waals surface area contributed by atoms with Gasteiger partial charge in [0.05, 0.1) is 11.7 Å². The third kappa shape index (κ3) is 3.41. The molecule has 1 atom stereocenters. The predicted molar refractivity (Wildman–Crippen MR) is 91.7 cm³/mol. The van der Waals surface area contributed by atoms with Crippen molar-refractivity contribution in [1.29, 1.82) is 0 Å². The number of hydrogen-bond acceptors (Lipinski definition) is 3. The smallest absolute Gasteiger partial charge is 0.252 e. The summed E-state index contributed by atoms with van der Waals surface area (Å²) < 4.78 is 1.42. The van der Waals surface area contributed by atoms with Gasteiger partial charge in [-0.05, 0) is 23.8 Å². The summed E-state index contributed by atoms with van der Waals surface area (Å²) in [6.07, 6.45) is 3.27. The molecule has 0 aliphatic carbocycles. The van der Waals surface area contributed by atoms with Gasteiger partial charge in [0, 0.05) is 31.1 Å². The molecule has 0 aliphatic rings. The highest BCUT2D eigenvalue weighted by atomic mass is 16.2. The number of hydrogen-bond donors (Lipinski definition) is 1. The van der Waals surface area contributed by atoms with Crippen LogP contribution in [-0.4, -0.2) is 15.5 Å². The number of benzene rings is 1. The van der Waals surface area contributed by atoms with Crippen molar-refractivity contribution in [3.63, 3.8) is 0 Å². The molecule has 2 heterocycles. The molecule has 0 saturated carbocycles. The maximum Gasteiger partial charge on any atom is 0.252 e. The van der Waals surface area contributed by atoms with Gasteiger partial charge < -0.3 is 9.88 Å². The Labute approximate surface area is 139 Å². The van der Waals surface area contributed by atoms with Crippen LogP contribution in [0, 0.1) is 0 Å². The van der Waals surface area contributed by atoms with E-state index in [0.717, 1.165) is 11.3 Å². The van der Waals surface area contributed by atoms with Gasteiger partial charge in [-0.3, -0.25) is 14.6 Å². The Morgan fingerprint density at radius 3 is 2.50 bits per heavy atom. The Balaban J connectivity index is 1.93. The van der Waals surface area contributed by atoms with Gasteiger partial charge in [-0.1, -0.05) is 36.4 Å². The highest BCUT2D eigenvalue weighted by molar-refractivity contribution is 5.94. The van der Waals surface area contributed by atoms with Gasteiger partial charge >= 0.3 is 0 Å². The second-order valence-electron chi connectivity index (χ2n) is 5.44. The minimum Gasteiger partial charge on any atom is -0.340 e. The van der Waals surface area contributed by atoms with E-state index in [9.17, 15) is 9.59 Å². The Kier molecular flexibility index (Phi) is 4.52. The molecule has 0 spiro atoms. The number of amides is 1. The first-order valence-electron chi connectivity index (χ1n) is 7.58. The van der Waals surface area contributed by atoms with Crippen molar-refractivity contribution < 1.29 is 4.79 Å². The largest absolute Gasteiger partial charge is 0.340 e. The van der Waals surface area contributed by atoms with E-state index in [0.29, 0.717) is 5.56 Å². The van der Waals surface area contributed by atoms with Gasteiger partial charge in [0.1, 0.15) is 0 Å². The molecule has 1 N–H and O–H groups in total. The zero-order valence-corrected chi connectivity index (χ0v) is 13.2. The maximum atomic E-state index is 12.6. The van der Waals surface area contributed by atoms with Crippen LogP contribution in [0.1, 0.15) is 27.7 Å². The molecule has 3 aromatic rings. The summed E-state index contributed by atoms with van der Waals surface area (Å²) >= 11 is 0. The Morgan fingerprint density at radius 2 is 1.83 bits per heavy atom. The minimum atomic E-state index is -0.385. The van der Waals surface area contributed by atoms with E-state index >= 15 is 0 Å². The number of nitrogens with one attached hydrogen (secondary N) is 1. The summed E-state index contributed by atoms with van der Waals surface area (Å²) in [5.41, 5.74) is 1.76. The molecule has 5 heteroatoms. The Bertz CT molecular complexity index is 850. The fourth-order valence-electron chi connectivity index (χ4n) is 2.42. The first-order valence-corrected chi connectivity index (χ1v) is 7.58. The van der Waals surface area contributed by atoms with Crippen LogP contribution in [0.25, 0.3) is 0 Å². The molecular formula is C19H17N3O2. The van der Waals surface area contributed by atoms with E-state index in [-0.39, 0.29) is 17.5 Å². The number of carbonyl (C=O) groups is 1. The van der Waals surface area contributed by atoms with E-state index < -0.39 is 0 Å². The van der Waals surface area contributed by atoms with Gasteiger partial charge in [-0.2, -0.15) is 0 Å². The number of carbonyl (C=O) groups excluding carboxylic acids is 1. The van der Waals surface area contributed by atoms with Gasteiger partial charge in [0.2, 0.25) is 0 Å². The number of nitrogens with zero attached hydrogens (tertiary/aromatic N) is 2. The summed E-state index contributed by atoms with van der Waals surface area (Å²) in [7, 11) is 1.64. The van der Waals surface area contributed by atoms with Crippen molar-refractivity contribution in [3.8, 4) is 0 Å². The molecule has 3 rings (SSSR count). The van der Waals surface area contributed by atoms with Crippen molar-refractivity contribution in [2.24, 2.45) is 7.05 Å². The van der Waals surface area contributed by atoms with Crippen LogP contribution in [-0.2, 0) is 7.05 Å². The fourth-order valence-corrected chi connectivity index (χ4v) is 2.42. The molecule has 120 valence electrons. The number of aryl methyl sites for hydroxylation is 1. The van der Waals surface area contributed by atoms with Gasteiger partial charge in [-0.25, -0.2) is 0 Å². The molecule has 2 aromatic heterocycles. The monoisotopic (exact) mass is 319 g/mol. The molecule has 1 aromatic carbocycles. The zero-order valence-electron chi connectivity index (χ0n) is 13.2. The number of pyridine rings is 2. The topological polar surface area (TPSA) is 64.0 Å². The first kappa shape index (κ1) is 15.7. The first-order chi connectivity index (χ1) is 11.6. The summed E-state index contributed by atoms with van der Waals surface area (Å²) in [5, 5.41) is 2.96. The highest BCUT2D eigenvalue weighted by Crippen LogP contribution is 2.20. The zero-order chi connectivity index (χ0) is 16.9. The molecule has 1 amide bonds. The average molecular weight is 319 g/mol. The van der Waals surface area contributed by atoms with Crippen LogP contribution >= 0.6 is 0 Å². The molecule has 0 bridgehead atoms. The predicted octanol–water partition coefficient (Wildman–Crippen LogP) is 2.30. The average Bonchev–Trinajstić information content (AvgIpc) is 2.63. The lowest BCUT2D eigenvalue weighted by Crippen LogP contribution is -2.31. The van der Waals surface area contributed by atoms with Crippen LogP contribution in [0.4, 0.5) is 0 Å². The van der Waals surface area contributed by atoms with Crippen molar-refractivity contribution in [2.75, 3.05) is 0 Å². The van der Waals surface area contributed by atoms with Gasteiger partial charge in [0.15, 0.2) is 0 Å².